The Morgan fingerprint density at radius 3 is 2.06 bits per heavy atom. The van der Waals surface area contributed by atoms with Gasteiger partial charge >= 0.3 is 17.9 Å². The lowest BCUT2D eigenvalue weighted by atomic mass is 9.42. The zero-order chi connectivity index (χ0) is 25.9. The zero-order valence-electron chi connectivity index (χ0n) is 21.7. The average molecular weight is 491 g/mol. The Labute approximate surface area is 206 Å². The molecule has 0 saturated heterocycles. The van der Waals surface area contributed by atoms with Crippen LogP contribution in [0.2, 0.25) is 0 Å². The number of carbonyl (C=O) groups is 5. The maximum Gasteiger partial charge on any atom is 0.303 e. The lowest BCUT2D eigenvalue weighted by Crippen LogP contribution is -2.71. The fourth-order valence-corrected chi connectivity index (χ4v) is 8.68. The molecule has 8 nitrogen and oxygen atoms in total. The summed E-state index contributed by atoms with van der Waals surface area (Å²) in [6, 6.07) is 0. The van der Waals surface area contributed by atoms with Gasteiger partial charge < -0.3 is 14.2 Å². The predicted molar refractivity (Wildman–Crippen MR) is 124 cm³/mol. The molecular weight excluding hydrogens is 452 g/mol. The van der Waals surface area contributed by atoms with E-state index in [-0.39, 0.29) is 53.2 Å². The first-order valence-electron chi connectivity index (χ1n) is 12.8. The Morgan fingerprint density at radius 2 is 1.49 bits per heavy atom. The van der Waals surface area contributed by atoms with Crippen molar-refractivity contribution in [3.05, 3.63) is 0 Å². The van der Waals surface area contributed by atoms with E-state index in [2.05, 4.69) is 6.92 Å². The van der Waals surface area contributed by atoms with Crippen LogP contribution in [0.1, 0.15) is 86.5 Å². The molecule has 8 heteroatoms. The van der Waals surface area contributed by atoms with Crippen LogP contribution in [0.5, 0.6) is 0 Å². The molecule has 4 fully saturated rings. The normalized spacial score (nSPS) is 44.3. The van der Waals surface area contributed by atoms with Crippen LogP contribution >= 0.6 is 0 Å². The first kappa shape index (κ1) is 25.8. The van der Waals surface area contributed by atoms with Gasteiger partial charge in [0.25, 0.3) is 0 Å². The van der Waals surface area contributed by atoms with Gasteiger partial charge in [-0.25, -0.2) is 0 Å². The van der Waals surface area contributed by atoms with Crippen molar-refractivity contribution < 1.29 is 38.2 Å². The van der Waals surface area contributed by atoms with Crippen LogP contribution in [0, 0.1) is 34.5 Å². The van der Waals surface area contributed by atoms with Crippen molar-refractivity contribution in [3.8, 4) is 0 Å². The third-order valence-corrected chi connectivity index (χ3v) is 10.1. The van der Waals surface area contributed by atoms with E-state index in [4.69, 9.17) is 14.2 Å². The molecule has 0 heterocycles. The number of hydrogen-bond donors (Lipinski definition) is 0. The van der Waals surface area contributed by atoms with Crippen LogP contribution < -0.4 is 0 Å². The Bertz CT molecular complexity index is 957. The number of ketones is 2. The summed E-state index contributed by atoms with van der Waals surface area (Å²) in [6.07, 6.45) is 3.35. The van der Waals surface area contributed by atoms with Crippen LogP contribution in [-0.4, -0.2) is 47.3 Å². The van der Waals surface area contributed by atoms with E-state index in [1.54, 1.807) is 0 Å². The molecule has 0 amide bonds. The highest BCUT2D eigenvalue weighted by Crippen LogP contribution is 2.70. The second-order valence-electron chi connectivity index (χ2n) is 11.7. The summed E-state index contributed by atoms with van der Waals surface area (Å²) >= 11 is 0. The Kier molecular flexibility index (Phi) is 6.42. The van der Waals surface area contributed by atoms with Crippen molar-refractivity contribution in [3.63, 3.8) is 0 Å². The van der Waals surface area contributed by atoms with E-state index in [0.717, 1.165) is 25.7 Å². The van der Waals surface area contributed by atoms with Gasteiger partial charge in [-0.3, -0.25) is 24.0 Å². The number of Topliss-reactive ketones (excluding diaryl/α,β-unsaturated/α-hetero) is 2. The Morgan fingerprint density at radius 1 is 0.829 bits per heavy atom. The molecule has 0 aliphatic heterocycles. The molecule has 0 bridgehead atoms. The lowest BCUT2D eigenvalue weighted by Gasteiger charge is -2.64. The van der Waals surface area contributed by atoms with Crippen LogP contribution in [0.4, 0.5) is 0 Å². The summed E-state index contributed by atoms with van der Waals surface area (Å²) in [5.74, 6) is -2.48. The molecule has 0 aromatic rings. The van der Waals surface area contributed by atoms with Crippen molar-refractivity contribution in [2.45, 2.75) is 104 Å². The average Bonchev–Trinajstić information content (AvgIpc) is 2.97. The summed E-state index contributed by atoms with van der Waals surface area (Å²) in [4.78, 5) is 63.0. The maximum absolute atomic E-state index is 13.9. The monoisotopic (exact) mass is 490 g/mol. The fourth-order valence-electron chi connectivity index (χ4n) is 8.68. The van der Waals surface area contributed by atoms with Gasteiger partial charge in [0, 0.05) is 39.0 Å². The van der Waals surface area contributed by atoms with E-state index in [0.29, 0.717) is 12.8 Å². The number of rotatable bonds is 4. The minimum atomic E-state index is -1.51. The van der Waals surface area contributed by atoms with E-state index in [1.807, 2.05) is 6.92 Å². The minimum absolute atomic E-state index is 0.0191. The lowest BCUT2D eigenvalue weighted by molar-refractivity contribution is -0.254. The summed E-state index contributed by atoms with van der Waals surface area (Å²) in [5.41, 5.74) is -2.85. The van der Waals surface area contributed by atoms with E-state index in [1.165, 1.54) is 27.7 Å². The molecule has 9 atom stereocenters. The fraction of sp³-hybridized carbons (Fsp3) is 0.815. The minimum Gasteiger partial charge on any atom is -0.463 e. The molecular formula is C27H38O8. The molecule has 0 spiro atoms. The Hall–Kier alpha value is -2.25. The molecule has 0 unspecified atom stereocenters. The zero-order valence-corrected chi connectivity index (χ0v) is 21.7. The summed E-state index contributed by atoms with van der Waals surface area (Å²) in [5, 5.41) is 0. The van der Waals surface area contributed by atoms with Crippen LogP contribution in [0.3, 0.4) is 0 Å². The van der Waals surface area contributed by atoms with Crippen molar-refractivity contribution >= 4 is 29.5 Å². The van der Waals surface area contributed by atoms with Gasteiger partial charge in [0.15, 0.2) is 11.4 Å². The summed E-state index contributed by atoms with van der Waals surface area (Å²) in [6.45, 7) is 9.54. The smallest absolute Gasteiger partial charge is 0.303 e. The second kappa shape index (κ2) is 8.70. The SMILES string of the molecule is CC(=O)O[C@H]1CC[C@@]2(C)[C@@H](CC[C@@H]3[C@@H]2C[C@@H](OC(C)=O)[C@]2(C)[C@@H](C(C)=O)CC(=O)[C@]32OC(C)=O)C1. The second-order valence-corrected chi connectivity index (χ2v) is 11.7. The number of hydrogen-bond acceptors (Lipinski definition) is 8. The van der Waals surface area contributed by atoms with Crippen LogP contribution in [0.15, 0.2) is 0 Å². The van der Waals surface area contributed by atoms with Crippen molar-refractivity contribution in [1.29, 1.82) is 0 Å². The molecule has 4 aliphatic rings. The van der Waals surface area contributed by atoms with Gasteiger partial charge in [-0.1, -0.05) is 13.8 Å². The third kappa shape index (κ3) is 3.73. The molecule has 194 valence electrons. The molecule has 4 saturated carbocycles. The first-order valence-corrected chi connectivity index (χ1v) is 12.8. The van der Waals surface area contributed by atoms with Gasteiger partial charge in [-0.2, -0.15) is 0 Å². The molecule has 0 aromatic carbocycles. The number of fused-ring (bicyclic) bond motifs is 5. The van der Waals surface area contributed by atoms with Crippen molar-refractivity contribution in [2.75, 3.05) is 0 Å². The molecule has 35 heavy (non-hydrogen) atoms. The largest absolute Gasteiger partial charge is 0.463 e. The van der Waals surface area contributed by atoms with Crippen LogP contribution in [-0.2, 0) is 38.2 Å². The third-order valence-electron chi connectivity index (χ3n) is 10.1. The molecule has 0 radical (unpaired) electrons. The van der Waals surface area contributed by atoms with Crippen molar-refractivity contribution in [1.82, 2.24) is 0 Å². The van der Waals surface area contributed by atoms with E-state index < -0.39 is 35.0 Å². The summed E-state index contributed by atoms with van der Waals surface area (Å²) < 4.78 is 17.5. The molecule has 0 aromatic heterocycles. The summed E-state index contributed by atoms with van der Waals surface area (Å²) in [7, 11) is 0. The van der Waals surface area contributed by atoms with Gasteiger partial charge in [0.2, 0.25) is 0 Å². The molecule has 0 N–H and O–H groups in total. The van der Waals surface area contributed by atoms with Gasteiger partial charge in [0.1, 0.15) is 18.0 Å². The Balaban J connectivity index is 1.82. The quantitative estimate of drug-likeness (QED) is 0.434. The number of esters is 3. The standard InChI is InChI=1S/C27H38O8/c1-14(28)21-12-23(32)27(35-17(4)31)20-8-7-18-11-19(33-15(2)29)9-10-25(18,5)22(20)13-24(26(21,27)6)34-16(3)30/h18-22,24H,7-13H2,1-6H3/t18-,19-,20+,21+,22-,24+,25-,26-,27+/m0/s1. The molecule has 4 rings (SSSR count). The molecule has 4 aliphatic carbocycles. The van der Waals surface area contributed by atoms with Gasteiger partial charge in [-0.05, 0) is 62.7 Å². The van der Waals surface area contributed by atoms with Gasteiger partial charge in [0.05, 0.1) is 5.41 Å². The predicted octanol–water partition coefficient (Wildman–Crippen LogP) is 3.57. The highest BCUT2D eigenvalue weighted by Gasteiger charge is 2.78. The van der Waals surface area contributed by atoms with E-state index >= 15 is 0 Å². The van der Waals surface area contributed by atoms with Crippen LogP contribution in [0.25, 0.3) is 0 Å². The topological polar surface area (TPSA) is 113 Å². The highest BCUT2D eigenvalue weighted by molar-refractivity contribution is 5.99. The number of carbonyl (C=O) groups excluding carboxylic acids is 5. The number of ether oxygens (including phenoxy) is 3. The highest BCUT2D eigenvalue weighted by atomic mass is 16.6. The van der Waals surface area contributed by atoms with Gasteiger partial charge in [-0.15, -0.1) is 0 Å². The first-order chi connectivity index (χ1) is 16.3. The maximum atomic E-state index is 13.9. The van der Waals surface area contributed by atoms with E-state index in [9.17, 15) is 24.0 Å². The van der Waals surface area contributed by atoms with Crippen molar-refractivity contribution in [2.24, 2.45) is 34.5 Å².